The van der Waals surface area contributed by atoms with Crippen LogP contribution in [0.5, 0.6) is 0 Å². The second-order valence-corrected chi connectivity index (χ2v) is 5.46. The minimum atomic E-state index is -2.85. The van der Waals surface area contributed by atoms with Crippen molar-refractivity contribution in [3.8, 4) is 0 Å². The molecular formula is C7H13NO2S. The molecule has 0 bridgehead atoms. The van der Waals surface area contributed by atoms with Gasteiger partial charge in [0.1, 0.15) is 0 Å². The summed E-state index contributed by atoms with van der Waals surface area (Å²) >= 11 is 0. The summed E-state index contributed by atoms with van der Waals surface area (Å²) in [6.07, 6.45) is 3.39. The van der Waals surface area contributed by atoms with E-state index in [1.54, 1.807) is 11.2 Å². The predicted molar refractivity (Wildman–Crippen MR) is 42.7 cm³/mol. The molecule has 11 heavy (non-hydrogen) atoms. The lowest BCUT2D eigenvalue weighted by Crippen LogP contribution is -2.19. The molecule has 1 unspecified atom stereocenters. The lowest BCUT2D eigenvalue weighted by Gasteiger charge is -2.05. The molecular weight excluding hydrogens is 162 g/mol. The molecule has 0 spiro atoms. The monoisotopic (exact) mass is 175 g/mol. The lowest BCUT2D eigenvalue weighted by atomic mass is 10.3. The SMILES string of the molecule is CCS(=O)(=O)N1[C@@H]2CCC[C@@H]21. The first kappa shape index (κ1) is 7.55. The van der Waals surface area contributed by atoms with Gasteiger partial charge in [-0.3, -0.25) is 0 Å². The van der Waals surface area contributed by atoms with E-state index in [4.69, 9.17) is 0 Å². The van der Waals surface area contributed by atoms with Gasteiger partial charge < -0.3 is 0 Å². The van der Waals surface area contributed by atoms with Crippen LogP contribution >= 0.6 is 0 Å². The molecule has 2 aliphatic rings. The number of piperidine rings is 1. The summed E-state index contributed by atoms with van der Waals surface area (Å²) in [7, 11) is -2.85. The van der Waals surface area contributed by atoms with Crippen molar-refractivity contribution in [1.29, 1.82) is 0 Å². The molecule has 1 aliphatic carbocycles. The Kier molecular flexibility index (Phi) is 1.51. The zero-order valence-electron chi connectivity index (χ0n) is 6.66. The van der Waals surface area contributed by atoms with Gasteiger partial charge in [0.15, 0.2) is 0 Å². The van der Waals surface area contributed by atoms with Crippen LogP contribution in [0.15, 0.2) is 0 Å². The van der Waals surface area contributed by atoms with E-state index in [1.807, 2.05) is 0 Å². The zero-order valence-corrected chi connectivity index (χ0v) is 7.47. The number of sulfonamides is 1. The van der Waals surface area contributed by atoms with Gasteiger partial charge in [-0.2, -0.15) is 4.31 Å². The van der Waals surface area contributed by atoms with Crippen molar-refractivity contribution >= 4 is 10.0 Å². The van der Waals surface area contributed by atoms with Crippen molar-refractivity contribution in [1.82, 2.24) is 4.31 Å². The standard InChI is InChI=1S/C7H13NO2S/c1-2-11(9,10)8-6-4-3-5-7(6)8/h6-7H,2-5H2,1H3/t6-,7+,8?. The third-order valence-electron chi connectivity index (χ3n) is 2.69. The minimum Gasteiger partial charge on any atom is -0.212 e. The van der Waals surface area contributed by atoms with Gasteiger partial charge in [-0.25, -0.2) is 8.42 Å². The van der Waals surface area contributed by atoms with Gasteiger partial charge >= 0.3 is 0 Å². The van der Waals surface area contributed by atoms with Crippen LogP contribution in [-0.2, 0) is 10.0 Å². The summed E-state index contributed by atoms with van der Waals surface area (Å²) in [5.41, 5.74) is 0. The molecule has 0 radical (unpaired) electrons. The Morgan fingerprint density at radius 2 is 1.91 bits per heavy atom. The first-order chi connectivity index (χ1) is 5.17. The maximum absolute atomic E-state index is 11.3. The van der Waals surface area contributed by atoms with Gasteiger partial charge in [0.25, 0.3) is 0 Å². The summed E-state index contributed by atoms with van der Waals surface area (Å²) in [5.74, 6) is 0.264. The van der Waals surface area contributed by atoms with E-state index in [0.717, 1.165) is 12.8 Å². The molecule has 2 fully saturated rings. The molecule has 0 aromatic rings. The Hall–Kier alpha value is -0.0900. The van der Waals surface area contributed by atoms with Gasteiger partial charge in [-0.15, -0.1) is 0 Å². The maximum atomic E-state index is 11.3. The van der Waals surface area contributed by atoms with E-state index < -0.39 is 10.0 Å². The zero-order chi connectivity index (χ0) is 8.06. The topological polar surface area (TPSA) is 37.1 Å². The highest BCUT2D eigenvalue weighted by atomic mass is 32.2. The van der Waals surface area contributed by atoms with Crippen LogP contribution in [0.25, 0.3) is 0 Å². The first-order valence-corrected chi connectivity index (χ1v) is 5.79. The van der Waals surface area contributed by atoms with E-state index in [2.05, 4.69) is 0 Å². The number of hydrogen-bond donors (Lipinski definition) is 0. The predicted octanol–water partition coefficient (Wildman–Crippen LogP) is 0.573. The smallest absolute Gasteiger partial charge is 0.212 e. The summed E-state index contributed by atoms with van der Waals surface area (Å²) in [5, 5.41) is 0. The molecule has 0 amide bonds. The number of hydrogen-bond acceptors (Lipinski definition) is 2. The molecule has 1 heterocycles. The third kappa shape index (κ3) is 0.999. The molecule has 3 nitrogen and oxygen atoms in total. The fourth-order valence-electron chi connectivity index (χ4n) is 2.05. The minimum absolute atomic E-state index is 0.264. The van der Waals surface area contributed by atoms with Crippen molar-refractivity contribution in [2.24, 2.45) is 0 Å². The summed E-state index contributed by atoms with van der Waals surface area (Å²) in [6.45, 7) is 1.71. The highest BCUT2D eigenvalue weighted by molar-refractivity contribution is 7.89. The van der Waals surface area contributed by atoms with E-state index in [1.165, 1.54) is 6.42 Å². The average molecular weight is 175 g/mol. The normalized spacial score (nSPS) is 42.1. The van der Waals surface area contributed by atoms with Crippen LogP contribution < -0.4 is 0 Å². The molecule has 0 aromatic heterocycles. The Bertz CT molecular complexity index is 250. The number of fused-ring (bicyclic) bond motifs is 1. The van der Waals surface area contributed by atoms with Gasteiger partial charge in [0, 0.05) is 12.1 Å². The van der Waals surface area contributed by atoms with Gasteiger partial charge in [-0.05, 0) is 19.8 Å². The molecule has 0 aromatic carbocycles. The Balaban J connectivity index is 2.11. The second-order valence-electron chi connectivity index (χ2n) is 3.30. The summed E-state index contributed by atoms with van der Waals surface area (Å²) in [6, 6.07) is 0.778. The molecule has 64 valence electrons. The highest BCUT2D eigenvalue weighted by Crippen LogP contribution is 2.44. The largest absolute Gasteiger partial charge is 0.214 e. The second kappa shape index (κ2) is 2.20. The van der Waals surface area contributed by atoms with Crippen molar-refractivity contribution in [3.63, 3.8) is 0 Å². The molecule has 4 heteroatoms. The summed E-state index contributed by atoms with van der Waals surface area (Å²) in [4.78, 5) is 0. The van der Waals surface area contributed by atoms with Crippen molar-refractivity contribution < 1.29 is 8.42 Å². The quantitative estimate of drug-likeness (QED) is 0.575. The average Bonchev–Trinajstić information content (AvgIpc) is 2.49. The van der Waals surface area contributed by atoms with Crippen molar-refractivity contribution in [2.45, 2.75) is 38.3 Å². The van der Waals surface area contributed by atoms with Crippen LogP contribution in [0.2, 0.25) is 0 Å². The van der Waals surface area contributed by atoms with Gasteiger partial charge in [-0.1, -0.05) is 6.42 Å². The first-order valence-electron chi connectivity index (χ1n) is 4.18. The molecule has 0 N–H and O–H groups in total. The van der Waals surface area contributed by atoms with E-state index in [-0.39, 0.29) is 5.75 Å². The van der Waals surface area contributed by atoms with Crippen LogP contribution in [0.1, 0.15) is 26.2 Å². The van der Waals surface area contributed by atoms with Crippen LogP contribution in [0, 0.1) is 0 Å². The lowest BCUT2D eigenvalue weighted by molar-refractivity contribution is 0.518. The maximum Gasteiger partial charge on any atom is 0.214 e. The highest BCUT2D eigenvalue weighted by Gasteiger charge is 2.56. The molecule has 1 saturated heterocycles. The third-order valence-corrected chi connectivity index (χ3v) is 4.61. The number of nitrogens with zero attached hydrogens (tertiary/aromatic N) is 1. The van der Waals surface area contributed by atoms with Gasteiger partial charge in [0.2, 0.25) is 10.0 Å². The fourth-order valence-corrected chi connectivity index (χ4v) is 3.61. The summed E-state index contributed by atoms with van der Waals surface area (Å²) < 4.78 is 24.3. The van der Waals surface area contributed by atoms with E-state index in [0.29, 0.717) is 12.1 Å². The fraction of sp³-hybridized carbons (Fsp3) is 1.00. The Morgan fingerprint density at radius 3 is 2.36 bits per heavy atom. The van der Waals surface area contributed by atoms with Crippen LogP contribution in [0.3, 0.4) is 0 Å². The molecule has 1 aliphatic heterocycles. The number of rotatable bonds is 2. The van der Waals surface area contributed by atoms with Crippen LogP contribution in [0.4, 0.5) is 0 Å². The molecule has 1 saturated carbocycles. The van der Waals surface area contributed by atoms with Gasteiger partial charge in [0.05, 0.1) is 5.75 Å². The van der Waals surface area contributed by atoms with E-state index in [9.17, 15) is 8.42 Å². The van der Waals surface area contributed by atoms with Crippen LogP contribution in [-0.4, -0.2) is 30.6 Å². The van der Waals surface area contributed by atoms with Crippen molar-refractivity contribution in [3.05, 3.63) is 0 Å². The Morgan fingerprint density at radius 1 is 1.36 bits per heavy atom. The molecule has 3 atom stereocenters. The van der Waals surface area contributed by atoms with E-state index >= 15 is 0 Å². The molecule has 2 rings (SSSR count). The Labute approximate surface area is 67.4 Å². The van der Waals surface area contributed by atoms with Crippen molar-refractivity contribution in [2.75, 3.05) is 5.75 Å².